The number of hydrogen-bond donors (Lipinski definition) is 0. The van der Waals surface area contributed by atoms with Crippen LogP contribution in [0, 0.1) is 16.7 Å². The number of carbonyl (C=O) groups is 2. The second-order valence-corrected chi connectivity index (χ2v) is 16.1. The van der Waals surface area contributed by atoms with Gasteiger partial charge in [0.2, 0.25) is 5.91 Å². The molecular weight excluding hydrogens is 552 g/mol. The molecule has 11 heteroatoms. The largest absolute Gasteiger partial charge is 0.444 e. The van der Waals surface area contributed by atoms with Gasteiger partial charge in [0.15, 0.2) is 11.2 Å². The zero-order valence-electron chi connectivity index (χ0n) is 25.8. The van der Waals surface area contributed by atoms with Crippen LogP contribution in [-0.4, -0.2) is 105 Å². The van der Waals surface area contributed by atoms with E-state index in [-0.39, 0.29) is 29.5 Å². The highest BCUT2D eigenvalue weighted by Gasteiger charge is 2.62. The van der Waals surface area contributed by atoms with E-state index in [2.05, 4.69) is 27.2 Å². The van der Waals surface area contributed by atoms with Gasteiger partial charge >= 0.3 is 6.09 Å². The van der Waals surface area contributed by atoms with Crippen LogP contribution in [-0.2, 0) is 20.7 Å². The van der Waals surface area contributed by atoms with Crippen molar-refractivity contribution in [1.82, 2.24) is 18.4 Å². The highest BCUT2D eigenvalue weighted by molar-refractivity contribution is 7.80. The van der Waals surface area contributed by atoms with E-state index in [0.29, 0.717) is 19.0 Å². The van der Waals surface area contributed by atoms with Crippen LogP contribution in [0.2, 0.25) is 0 Å². The molecule has 6 aliphatic rings. The normalized spacial score (nSPS) is 30.9. The van der Waals surface area contributed by atoms with Crippen molar-refractivity contribution in [3.05, 3.63) is 11.4 Å². The average Bonchev–Trinajstić information content (AvgIpc) is 3.58. The molecule has 6 rings (SSSR count). The summed E-state index contributed by atoms with van der Waals surface area (Å²) in [6.07, 6.45) is 10.3. The Morgan fingerprint density at radius 1 is 1.02 bits per heavy atom. The summed E-state index contributed by atoms with van der Waals surface area (Å²) in [5.74, 6) is 1.43. The molecule has 4 aliphatic heterocycles. The van der Waals surface area contributed by atoms with Crippen molar-refractivity contribution in [3.8, 4) is 0 Å². The average molecular weight is 601 g/mol. The number of rotatable bonds is 6. The van der Waals surface area contributed by atoms with E-state index in [4.69, 9.17) is 9.73 Å². The maximum atomic E-state index is 13.5. The van der Waals surface area contributed by atoms with Crippen molar-refractivity contribution >= 4 is 36.1 Å². The molecule has 2 spiro atoms. The first kappa shape index (κ1) is 29.9. The summed E-state index contributed by atoms with van der Waals surface area (Å²) in [6.45, 7) is 16.3. The number of amides is 2. The number of carbonyl (C=O) groups excluding carboxylic acids is 2. The maximum Gasteiger partial charge on any atom is 0.410 e. The van der Waals surface area contributed by atoms with Crippen LogP contribution in [0.4, 0.5) is 4.79 Å². The monoisotopic (exact) mass is 600 g/mol. The molecule has 3 unspecified atom stereocenters. The second kappa shape index (κ2) is 11.1. The van der Waals surface area contributed by atoms with Crippen molar-refractivity contribution in [2.24, 2.45) is 26.7 Å². The van der Waals surface area contributed by atoms with Crippen LogP contribution in [0.25, 0.3) is 0 Å². The van der Waals surface area contributed by atoms with Gasteiger partial charge in [0.25, 0.3) is 0 Å². The summed E-state index contributed by atoms with van der Waals surface area (Å²) >= 11 is -1.14. The van der Waals surface area contributed by atoms with Crippen LogP contribution in [0.3, 0.4) is 0 Å². The smallest absolute Gasteiger partial charge is 0.410 e. The van der Waals surface area contributed by atoms with Crippen LogP contribution < -0.4 is 0 Å². The first-order chi connectivity index (χ1) is 20.0. The van der Waals surface area contributed by atoms with E-state index in [0.717, 1.165) is 95.4 Å². The van der Waals surface area contributed by atoms with Crippen molar-refractivity contribution in [1.29, 1.82) is 0 Å². The zero-order chi connectivity index (χ0) is 29.9. The van der Waals surface area contributed by atoms with Gasteiger partial charge in [0, 0.05) is 62.5 Å². The van der Waals surface area contributed by atoms with Gasteiger partial charge < -0.3 is 9.64 Å². The topological polar surface area (TPSA) is 98.1 Å². The molecule has 42 heavy (non-hydrogen) atoms. The molecule has 0 radical (unpaired) electrons. The lowest BCUT2D eigenvalue weighted by Gasteiger charge is -2.53. The summed E-state index contributed by atoms with van der Waals surface area (Å²) < 4.78 is 23.1. The fraction of sp³-hybridized carbons (Fsp3) is 0.806. The molecule has 232 valence electrons. The van der Waals surface area contributed by atoms with E-state index in [1.54, 1.807) is 0 Å². The molecule has 10 nitrogen and oxygen atoms in total. The van der Waals surface area contributed by atoms with Gasteiger partial charge in [-0.3, -0.25) is 14.7 Å². The lowest BCUT2D eigenvalue weighted by molar-refractivity contribution is -0.134. The van der Waals surface area contributed by atoms with Gasteiger partial charge in [0.1, 0.15) is 11.4 Å². The Morgan fingerprint density at radius 2 is 1.69 bits per heavy atom. The van der Waals surface area contributed by atoms with Crippen LogP contribution in [0.5, 0.6) is 0 Å². The summed E-state index contributed by atoms with van der Waals surface area (Å²) in [5, 5.41) is 0. The van der Waals surface area contributed by atoms with Gasteiger partial charge in [-0.1, -0.05) is 13.3 Å². The van der Waals surface area contributed by atoms with Gasteiger partial charge in [0.05, 0.1) is 11.5 Å². The number of aliphatic imine (C=N–C) groups is 2. The predicted octanol–water partition coefficient (Wildman–Crippen LogP) is 4.16. The van der Waals surface area contributed by atoms with Crippen LogP contribution >= 0.6 is 0 Å². The summed E-state index contributed by atoms with van der Waals surface area (Å²) in [4.78, 5) is 39.1. The third kappa shape index (κ3) is 5.49. The van der Waals surface area contributed by atoms with Crippen molar-refractivity contribution in [3.63, 3.8) is 0 Å². The van der Waals surface area contributed by atoms with E-state index < -0.39 is 22.2 Å². The highest BCUT2D eigenvalue weighted by atomic mass is 32.2. The van der Waals surface area contributed by atoms with E-state index in [1.807, 2.05) is 36.8 Å². The minimum absolute atomic E-state index is 0.155. The van der Waals surface area contributed by atoms with Crippen molar-refractivity contribution in [2.45, 2.75) is 103 Å². The fourth-order valence-corrected chi connectivity index (χ4v) is 9.28. The molecule has 2 amide bonds. The third-order valence-corrected chi connectivity index (χ3v) is 11.9. The first-order valence-electron chi connectivity index (χ1n) is 15.9. The molecule has 0 bridgehead atoms. The zero-order valence-corrected chi connectivity index (χ0v) is 26.7. The Bertz CT molecular complexity index is 1180. The lowest BCUT2D eigenvalue weighted by Crippen LogP contribution is -2.63. The number of ether oxygens (including phenoxy) is 1. The molecule has 4 heterocycles. The Balaban J connectivity index is 0.996. The van der Waals surface area contributed by atoms with Crippen molar-refractivity contribution in [2.75, 3.05) is 39.3 Å². The standard InChI is InChI=1S/C31H48N6O4S/c1-22-7-6-8-25(22)37-26(32-5)24(31(11-12-31)27(37)38)19-33-23-9-15-35(16-10-23)42(40)36-20-30(21-36)13-17-34(18-14-30)28(39)41-29(2,3)4/h19,22-23,25H,5-18,20-21H2,1-4H3. The molecule has 2 saturated carbocycles. The highest BCUT2D eigenvalue weighted by Crippen LogP contribution is 2.59. The predicted molar refractivity (Wildman–Crippen MR) is 164 cm³/mol. The van der Waals surface area contributed by atoms with E-state index in [9.17, 15) is 13.8 Å². The number of piperidine rings is 2. The second-order valence-electron chi connectivity index (χ2n) is 14.6. The fourth-order valence-electron chi connectivity index (χ4n) is 7.66. The Morgan fingerprint density at radius 3 is 2.24 bits per heavy atom. The molecule has 5 fully saturated rings. The molecule has 3 atom stereocenters. The summed E-state index contributed by atoms with van der Waals surface area (Å²) in [5.41, 5.74) is 0.211. The molecular formula is C31H48N6O4S. The summed E-state index contributed by atoms with van der Waals surface area (Å²) in [7, 11) is 0. The third-order valence-electron chi connectivity index (χ3n) is 10.4. The van der Waals surface area contributed by atoms with E-state index in [1.165, 1.54) is 0 Å². The minimum atomic E-state index is -1.14. The van der Waals surface area contributed by atoms with Gasteiger partial charge in [-0.2, -0.15) is 0 Å². The number of likely N-dealkylation sites (tertiary alicyclic amines) is 1. The molecule has 3 saturated heterocycles. The summed E-state index contributed by atoms with van der Waals surface area (Å²) in [6, 6.07) is 0.375. The maximum absolute atomic E-state index is 13.5. The molecule has 0 aromatic carbocycles. The number of nitrogens with zero attached hydrogens (tertiary/aromatic N) is 6. The first-order valence-corrected chi connectivity index (χ1v) is 17.0. The quantitative estimate of drug-likeness (QED) is 0.428. The van der Waals surface area contributed by atoms with Gasteiger partial charge in [-0.05, 0) is 84.8 Å². The van der Waals surface area contributed by atoms with E-state index >= 15 is 0 Å². The molecule has 0 aromatic heterocycles. The van der Waals surface area contributed by atoms with Crippen LogP contribution in [0.1, 0.15) is 85.5 Å². The molecule has 2 aliphatic carbocycles. The lowest BCUT2D eigenvalue weighted by atomic mass is 9.73. The van der Waals surface area contributed by atoms with Crippen molar-refractivity contribution < 1.29 is 18.5 Å². The Labute approximate surface area is 253 Å². The number of hydrogen-bond acceptors (Lipinski definition) is 6. The van der Waals surface area contributed by atoms with Gasteiger partial charge in [-0.25, -0.2) is 22.6 Å². The molecule has 0 aromatic rings. The Kier molecular flexibility index (Phi) is 7.92. The SMILES string of the molecule is C=NC1=C(C=NC2CCN(S(=O)N3CC4(CCN(C(=O)OC(C)(C)C)CC4)C3)CC2)C2(CC2)C(=O)N1C1CCCC1C. The molecule has 0 N–H and O–H groups in total. The van der Waals surface area contributed by atoms with Gasteiger partial charge in [-0.15, -0.1) is 0 Å². The minimum Gasteiger partial charge on any atom is -0.444 e. The van der Waals surface area contributed by atoms with Crippen LogP contribution in [0.15, 0.2) is 21.4 Å². The Hall–Kier alpha value is -2.11.